The van der Waals surface area contributed by atoms with Gasteiger partial charge in [-0.1, -0.05) is 24.3 Å². The predicted octanol–water partition coefficient (Wildman–Crippen LogP) is 2.97. The third-order valence-corrected chi connectivity index (χ3v) is 7.05. The van der Waals surface area contributed by atoms with Crippen molar-refractivity contribution in [1.29, 1.82) is 0 Å². The molecule has 0 bridgehead atoms. The molecular formula is C15H25N3O3Si. The highest BCUT2D eigenvalue weighted by atomic mass is 28.4. The summed E-state index contributed by atoms with van der Waals surface area (Å²) < 4.78 is 20.0. The Bertz CT molecular complexity index is 573. The Labute approximate surface area is 132 Å². The van der Waals surface area contributed by atoms with Crippen LogP contribution in [0.15, 0.2) is 24.3 Å². The number of benzene rings is 1. The van der Waals surface area contributed by atoms with E-state index in [9.17, 15) is 0 Å². The number of hydrogen-bond acceptors (Lipinski definition) is 5. The van der Waals surface area contributed by atoms with Crippen molar-refractivity contribution >= 4 is 19.8 Å². The van der Waals surface area contributed by atoms with Crippen molar-refractivity contribution in [1.82, 2.24) is 15.0 Å². The lowest BCUT2D eigenvalue weighted by Gasteiger charge is -2.34. The molecule has 22 heavy (non-hydrogen) atoms. The van der Waals surface area contributed by atoms with Gasteiger partial charge in [0.25, 0.3) is 0 Å². The maximum absolute atomic E-state index is 6.04. The second-order valence-corrected chi connectivity index (χ2v) is 7.59. The minimum Gasteiger partial charge on any atom is -0.373 e. The van der Waals surface area contributed by atoms with Gasteiger partial charge in [-0.25, -0.2) is 4.68 Å². The van der Waals surface area contributed by atoms with Gasteiger partial charge in [-0.2, -0.15) is 0 Å². The van der Waals surface area contributed by atoms with Crippen LogP contribution in [0.4, 0.5) is 0 Å². The fourth-order valence-corrected chi connectivity index (χ4v) is 5.73. The molecule has 0 aliphatic heterocycles. The summed E-state index contributed by atoms with van der Waals surface area (Å²) in [6.45, 7) is 9.64. The second-order valence-electron chi connectivity index (χ2n) is 4.85. The molecule has 1 aromatic heterocycles. The average Bonchev–Trinajstić information content (AvgIpc) is 2.93. The van der Waals surface area contributed by atoms with E-state index in [1.807, 2.05) is 49.7 Å². The Morgan fingerprint density at radius 2 is 1.59 bits per heavy atom. The van der Waals surface area contributed by atoms with Crippen LogP contribution in [0.3, 0.4) is 0 Å². The molecule has 0 radical (unpaired) electrons. The van der Waals surface area contributed by atoms with Gasteiger partial charge in [0.05, 0.1) is 5.52 Å². The van der Waals surface area contributed by atoms with E-state index in [2.05, 4.69) is 17.2 Å². The molecule has 0 saturated heterocycles. The zero-order valence-corrected chi connectivity index (χ0v) is 14.8. The van der Waals surface area contributed by atoms with Crippen molar-refractivity contribution in [3.63, 3.8) is 0 Å². The molecule has 0 aliphatic carbocycles. The molecule has 0 spiro atoms. The van der Waals surface area contributed by atoms with E-state index in [1.54, 1.807) is 0 Å². The summed E-state index contributed by atoms with van der Waals surface area (Å²) in [6, 6.07) is 7.92. The molecule has 1 unspecified atom stereocenters. The third-order valence-electron chi connectivity index (χ3n) is 3.50. The molecule has 7 heteroatoms. The average molecular weight is 323 g/mol. The van der Waals surface area contributed by atoms with Crippen molar-refractivity contribution in [3.05, 3.63) is 24.3 Å². The third kappa shape index (κ3) is 3.22. The van der Waals surface area contributed by atoms with E-state index in [0.717, 1.165) is 17.5 Å². The molecule has 6 nitrogen and oxygen atoms in total. The van der Waals surface area contributed by atoms with Crippen LogP contribution >= 0.6 is 0 Å². The molecule has 2 aromatic rings. The van der Waals surface area contributed by atoms with E-state index < -0.39 is 8.80 Å². The number of para-hydroxylation sites is 1. The molecule has 1 aromatic carbocycles. The van der Waals surface area contributed by atoms with E-state index in [1.165, 1.54) is 0 Å². The Balaban J connectivity index is 2.49. The number of aromatic nitrogens is 3. The number of nitrogens with zero attached hydrogens (tertiary/aromatic N) is 3. The summed E-state index contributed by atoms with van der Waals surface area (Å²) >= 11 is 0. The fraction of sp³-hybridized carbons (Fsp3) is 0.600. The summed E-state index contributed by atoms with van der Waals surface area (Å²) in [5.41, 5.74) is 1.76. The van der Waals surface area contributed by atoms with Gasteiger partial charge in [0.1, 0.15) is 11.2 Å². The van der Waals surface area contributed by atoms with Gasteiger partial charge in [0.15, 0.2) is 0 Å². The van der Waals surface area contributed by atoms with Crippen molar-refractivity contribution in [2.24, 2.45) is 0 Å². The molecule has 122 valence electrons. The fourth-order valence-electron chi connectivity index (χ4n) is 2.71. The van der Waals surface area contributed by atoms with Crippen LogP contribution in [-0.2, 0) is 13.3 Å². The van der Waals surface area contributed by atoms with Crippen molar-refractivity contribution in [2.75, 3.05) is 19.8 Å². The smallest absolute Gasteiger partial charge is 0.373 e. The lowest BCUT2D eigenvalue weighted by molar-refractivity contribution is 0.0514. The first-order valence-corrected chi connectivity index (χ1v) is 9.74. The Kier molecular flexibility index (Phi) is 6.07. The highest BCUT2D eigenvalue weighted by molar-refractivity contribution is 6.61. The maximum atomic E-state index is 6.04. The summed E-state index contributed by atoms with van der Waals surface area (Å²) in [5.74, 6) is 0. The largest absolute Gasteiger partial charge is 0.527 e. The Morgan fingerprint density at radius 3 is 2.14 bits per heavy atom. The van der Waals surface area contributed by atoms with Crippen LogP contribution in [0.2, 0.25) is 0 Å². The molecule has 0 aliphatic rings. The molecule has 0 amide bonds. The molecule has 0 N–H and O–H groups in total. The molecule has 1 atom stereocenters. The molecule has 2 rings (SSSR count). The van der Waals surface area contributed by atoms with Gasteiger partial charge < -0.3 is 13.3 Å². The molecule has 0 fully saturated rings. The summed E-state index contributed by atoms with van der Waals surface area (Å²) in [4.78, 5) is 0. The minimum absolute atomic E-state index is 0.0836. The second kappa shape index (κ2) is 7.82. The van der Waals surface area contributed by atoms with Gasteiger partial charge in [0.2, 0.25) is 0 Å². The summed E-state index contributed by atoms with van der Waals surface area (Å²) in [6.07, 6.45) is 0.805. The first kappa shape index (κ1) is 17.1. The number of fused-ring (bicyclic) bond motifs is 1. The topological polar surface area (TPSA) is 58.4 Å². The van der Waals surface area contributed by atoms with Crippen LogP contribution in [0.1, 0.15) is 39.8 Å². The molecule has 0 saturated carbocycles. The zero-order valence-electron chi connectivity index (χ0n) is 13.8. The van der Waals surface area contributed by atoms with E-state index in [4.69, 9.17) is 13.3 Å². The highest BCUT2D eigenvalue weighted by Gasteiger charge is 2.50. The van der Waals surface area contributed by atoms with Crippen LogP contribution in [0.25, 0.3) is 11.0 Å². The first-order chi connectivity index (χ1) is 10.7. The normalized spacial score (nSPS) is 13.6. The monoisotopic (exact) mass is 323 g/mol. The Hall–Kier alpha value is -1.28. The molecular weight excluding hydrogens is 298 g/mol. The van der Waals surface area contributed by atoms with Crippen molar-refractivity contribution in [3.8, 4) is 0 Å². The van der Waals surface area contributed by atoms with Crippen molar-refractivity contribution in [2.45, 2.75) is 39.8 Å². The summed E-state index contributed by atoms with van der Waals surface area (Å²) in [5, 5.41) is 8.59. The number of hydrogen-bond donors (Lipinski definition) is 0. The van der Waals surface area contributed by atoms with Gasteiger partial charge in [0, 0.05) is 19.8 Å². The van der Waals surface area contributed by atoms with Crippen LogP contribution in [-0.4, -0.2) is 43.6 Å². The predicted molar refractivity (Wildman–Crippen MR) is 87.5 cm³/mol. The highest BCUT2D eigenvalue weighted by Crippen LogP contribution is 2.30. The SMILES string of the molecule is CCO[Si](OCC)(OCC)C(CC)n1nnc2ccccc21. The van der Waals surface area contributed by atoms with E-state index in [-0.39, 0.29) is 5.67 Å². The number of rotatable bonds is 9. The van der Waals surface area contributed by atoms with Crippen LogP contribution in [0, 0.1) is 0 Å². The van der Waals surface area contributed by atoms with Crippen LogP contribution < -0.4 is 0 Å². The van der Waals surface area contributed by atoms with E-state index in [0.29, 0.717) is 19.8 Å². The standard InChI is InChI=1S/C15H25N3O3Si/c1-5-15(22(19-6-2,20-7-3)21-8-4)18-14-12-10-9-11-13(14)16-17-18/h9-12,15H,5-8H2,1-4H3. The first-order valence-electron chi connectivity index (χ1n) is 7.94. The summed E-state index contributed by atoms with van der Waals surface area (Å²) in [7, 11) is -2.89. The van der Waals surface area contributed by atoms with Gasteiger partial charge in [-0.15, -0.1) is 5.10 Å². The van der Waals surface area contributed by atoms with E-state index >= 15 is 0 Å². The molecule has 1 heterocycles. The lowest BCUT2D eigenvalue weighted by atomic mass is 10.3. The van der Waals surface area contributed by atoms with Gasteiger partial charge in [-0.3, -0.25) is 0 Å². The Morgan fingerprint density at radius 1 is 1.00 bits per heavy atom. The minimum atomic E-state index is -2.89. The zero-order chi connectivity index (χ0) is 16.0. The quantitative estimate of drug-likeness (QED) is 0.664. The lowest BCUT2D eigenvalue weighted by Crippen LogP contribution is -2.54. The van der Waals surface area contributed by atoms with Crippen LogP contribution in [0.5, 0.6) is 0 Å². The van der Waals surface area contributed by atoms with Crippen molar-refractivity contribution < 1.29 is 13.3 Å². The van der Waals surface area contributed by atoms with Gasteiger partial charge in [-0.05, 0) is 39.3 Å². The van der Waals surface area contributed by atoms with Gasteiger partial charge >= 0.3 is 8.80 Å². The maximum Gasteiger partial charge on any atom is 0.527 e.